The van der Waals surface area contributed by atoms with Gasteiger partial charge >= 0.3 is 0 Å². The summed E-state index contributed by atoms with van der Waals surface area (Å²) in [5, 5.41) is 20.7. The van der Waals surface area contributed by atoms with Crippen LogP contribution in [0, 0.1) is 22.8 Å². The molecule has 2 aromatic heterocycles. The van der Waals surface area contributed by atoms with Crippen molar-refractivity contribution in [1.29, 1.82) is 10.5 Å². The number of rotatable bonds is 5. The third-order valence-electron chi connectivity index (χ3n) is 4.30. The van der Waals surface area contributed by atoms with Gasteiger partial charge in [-0.15, -0.1) is 11.3 Å². The van der Waals surface area contributed by atoms with E-state index in [0.717, 1.165) is 6.42 Å². The summed E-state index contributed by atoms with van der Waals surface area (Å²) in [5.74, 6) is 0.289. The average Bonchev–Trinajstić information content (AvgIpc) is 3.36. The quantitative estimate of drug-likeness (QED) is 0.731. The van der Waals surface area contributed by atoms with Crippen molar-refractivity contribution in [3.8, 4) is 29.4 Å². The molecule has 0 aromatic carbocycles. The normalized spacial score (nSPS) is 15.9. The van der Waals surface area contributed by atoms with E-state index in [0.29, 0.717) is 41.8 Å². The fraction of sp³-hybridized carbons (Fsp3) is 0.389. The third-order valence-corrected chi connectivity index (χ3v) is 5.22. The molecule has 0 bridgehead atoms. The number of carbonyl (C=O) groups excluding carboxylic acids is 1. The molecule has 2 aromatic rings. The summed E-state index contributed by atoms with van der Waals surface area (Å²) < 4.78 is 5.38. The third kappa shape index (κ3) is 3.69. The Bertz CT molecular complexity index is 929. The minimum absolute atomic E-state index is 0.146. The largest absolute Gasteiger partial charge is 0.491 e. The number of thiazole rings is 1. The van der Waals surface area contributed by atoms with E-state index in [-0.39, 0.29) is 11.6 Å². The summed E-state index contributed by atoms with van der Waals surface area (Å²) in [5.41, 5.74) is 1.32. The Hall–Kier alpha value is -3.17. The molecule has 0 N–H and O–H groups in total. The number of pyridine rings is 1. The van der Waals surface area contributed by atoms with Gasteiger partial charge in [0.15, 0.2) is 22.8 Å². The van der Waals surface area contributed by atoms with Crippen LogP contribution in [-0.2, 0) is 4.79 Å². The molecular formula is C18H18N6O2S. The van der Waals surface area contributed by atoms with E-state index in [4.69, 9.17) is 10.00 Å². The van der Waals surface area contributed by atoms with Crippen LogP contribution in [-0.4, -0.2) is 47.0 Å². The van der Waals surface area contributed by atoms with Crippen molar-refractivity contribution in [2.24, 2.45) is 0 Å². The smallest absolute Gasteiger partial charge is 0.251 e. The van der Waals surface area contributed by atoms with Crippen molar-refractivity contribution < 1.29 is 9.53 Å². The number of likely N-dealkylation sites (N-methyl/N-ethyl adjacent to an activating group) is 1. The molecule has 8 nitrogen and oxygen atoms in total. The first-order valence-electron chi connectivity index (χ1n) is 8.52. The lowest BCUT2D eigenvalue weighted by Gasteiger charge is -2.22. The van der Waals surface area contributed by atoms with Crippen LogP contribution in [0.3, 0.4) is 0 Å². The molecule has 0 saturated carbocycles. The Kier molecular flexibility index (Phi) is 5.53. The van der Waals surface area contributed by atoms with E-state index in [1.165, 1.54) is 21.1 Å². The molecule has 1 fully saturated rings. The Morgan fingerprint density at radius 1 is 1.41 bits per heavy atom. The first kappa shape index (κ1) is 18.6. The minimum atomic E-state index is -0.429. The Morgan fingerprint density at radius 2 is 2.22 bits per heavy atom. The molecule has 1 atom stereocenters. The maximum Gasteiger partial charge on any atom is 0.251 e. The number of aromatic nitrogens is 2. The van der Waals surface area contributed by atoms with Crippen molar-refractivity contribution in [3.05, 3.63) is 23.2 Å². The number of anilines is 1. The van der Waals surface area contributed by atoms with E-state index < -0.39 is 6.04 Å². The van der Waals surface area contributed by atoms with Crippen molar-refractivity contribution in [1.82, 2.24) is 14.9 Å². The second kappa shape index (κ2) is 8.02. The van der Waals surface area contributed by atoms with Crippen LogP contribution in [0.5, 0.6) is 5.75 Å². The zero-order chi connectivity index (χ0) is 19.4. The van der Waals surface area contributed by atoms with Crippen LogP contribution in [0.1, 0.15) is 25.5 Å². The number of carbonyl (C=O) groups is 1. The SMILES string of the molecule is CCOc1ccc(-c2csc(N(C)C(=O)C3CCCN3C#N)n2)nc1C#N. The van der Waals surface area contributed by atoms with E-state index in [1.807, 2.05) is 13.0 Å². The molecule has 1 amide bonds. The first-order valence-corrected chi connectivity index (χ1v) is 9.40. The molecule has 9 heteroatoms. The lowest BCUT2D eigenvalue weighted by molar-refractivity contribution is -0.121. The van der Waals surface area contributed by atoms with E-state index >= 15 is 0 Å². The molecule has 0 spiro atoms. The van der Waals surface area contributed by atoms with Gasteiger partial charge in [-0.1, -0.05) is 0 Å². The van der Waals surface area contributed by atoms with Gasteiger partial charge in [0.05, 0.1) is 12.3 Å². The van der Waals surface area contributed by atoms with Gasteiger partial charge in [-0.3, -0.25) is 14.6 Å². The lowest BCUT2D eigenvalue weighted by Crippen LogP contribution is -2.42. The monoisotopic (exact) mass is 382 g/mol. The standard InChI is InChI=1S/C18H18N6O2S/c1-3-26-16-7-6-12(21-13(16)9-19)14-10-27-18(22-14)23(2)17(25)15-5-4-8-24(15)11-20/h6-7,10,15H,3-5,8H2,1-2H3. The molecule has 0 aliphatic carbocycles. The lowest BCUT2D eigenvalue weighted by atomic mass is 10.2. The van der Waals surface area contributed by atoms with E-state index in [9.17, 15) is 10.1 Å². The molecule has 1 saturated heterocycles. The molecular weight excluding hydrogens is 364 g/mol. The molecule has 0 radical (unpaired) electrons. The van der Waals surface area contributed by atoms with Crippen LogP contribution >= 0.6 is 11.3 Å². The molecule has 3 heterocycles. The second-order valence-corrected chi connectivity index (χ2v) is 6.79. The molecule has 138 valence electrons. The minimum Gasteiger partial charge on any atom is -0.491 e. The molecule has 27 heavy (non-hydrogen) atoms. The highest BCUT2D eigenvalue weighted by Gasteiger charge is 2.33. The fourth-order valence-electron chi connectivity index (χ4n) is 2.94. The van der Waals surface area contributed by atoms with Crippen molar-refractivity contribution in [2.75, 3.05) is 25.1 Å². The number of nitriles is 2. The van der Waals surface area contributed by atoms with Gasteiger partial charge in [0, 0.05) is 19.0 Å². The first-order chi connectivity index (χ1) is 13.1. The number of amides is 1. The zero-order valence-electron chi connectivity index (χ0n) is 15.0. The summed E-state index contributed by atoms with van der Waals surface area (Å²) >= 11 is 1.31. The van der Waals surface area contributed by atoms with Gasteiger partial charge in [-0.05, 0) is 31.9 Å². The van der Waals surface area contributed by atoms with Crippen LogP contribution in [0.15, 0.2) is 17.5 Å². The maximum atomic E-state index is 12.7. The highest BCUT2D eigenvalue weighted by molar-refractivity contribution is 7.14. The number of ether oxygens (including phenoxy) is 1. The van der Waals surface area contributed by atoms with Gasteiger partial charge in [0.25, 0.3) is 5.91 Å². The highest BCUT2D eigenvalue weighted by Crippen LogP contribution is 2.29. The number of likely N-dealkylation sites (tertiary alicyclic amines) is 1. The summed E-state index contributed by atoms with van der Waals surface area (Å²) in [6, 6.07) is 5.03. The van der Waals surface area contributed by atoms with Gasteiger partial charge < -0.3 is 4.74 Å². The Balaban J connectivity index is 1.81. The number of nitrogens with zero attached hydrogens (tertiary/aromatic N) is 6. The average molecular weight is 382 g/mol. The predicted octanol–water partition coefficient (Wildman–Crippen LogP) is 2.38. The summed E-state index contributed by atoms with van der Waals surface area (Å²) in [7, 11) is 1.66. The zero-order valence-corrected chi connectivity index (χ0v) is 15.9. The van der Waals surface area contributed by atoms with Crippen LogP contribution in [0.2, 0.25) is 0 Å². The van der Waals surface area contributed by atoms with Gasteiger partial charge in [-0.25, -0.2) is 9.97 Å². The molecule has 1 aliphatic heterocycles. The van der Waals surface area contributed by atoms with E-state index in [2.05, 4.69) is 16.2 Å². The van der Waals surface area contributed by atoms with Crippen molar-refractivity contribution >= 4 is 22.4 Å². The van der Waals surface area contributed by atoms with Crippen molar-refractivity contribution in [3.63, 3.8) is 0 Å². The summed E-state index contributed by atoms with van der Waals surface area (Å²) in [4.78, 5) is 24.5. The van der Waals surface area contributed by atoms with Gasteiger partial charge in [-0.2, -0.15) is 10.5 Å². The fourth-order valence-corrected chi connectivity index (χ4v) is 3.73. The summed E-state index contributed by atoms with van der Waals surface area (Å²) in [6.45, 7) is 2.90. The maximum absolute atomic E-state index is 12.7. The number of hydrogen-bond acceptors (Lipinski definition) is 8. The van der Waals surface area contributed by atoms with Crippen LogP contribution in [0.25, 0.3) is 11.4 Å². The van der Waals surface area contributed by atoms with Crippen LogP contribution in [0.4, 0.5) is 5.13 Å². The summed E-state index contributed by atoms with van der Waals surface area (Å²) in [6.07, 6.45) is 3.57. The Morgan fingerprint density at radius 3 is 2.93 bits per heavy atom. The highest BCUT2D eigenvalue weighted by atomic mass is 32.1. The molecule has 1 aliphatic rings. The van der Waals surface area contributed by atoms with Gasteiger partial charge in [0.1, 0.15) is 17.8 Å². The second-order valence-electron chi connectivity index (χ2n) is 5.95. The van der Waals surface area contributed by atoms with Crippen molar-refractivity contribution in [2.45, 2.75) is 25.8 Å². The molecule has 3 rings (SSSR count). The molecule has 1 unspecified atom stereocenters. The predicted molar refractivity (Wildman–Crippen MR) is 100.0 cm³/mol. The number of hydrogen-bond donors (Lipinski definition) is 0. The van der Waals surface area contributed by atoms with E-state index in [1.54, 1.807) is 24.6 Å². The van der Waals surface area contributed by atoms with Gasteiger partial charge in [0.2, 0.25) is 0 Å². The van der Waals surface area contributed by atoms with Crippen LogP contribution < -0.4 is 9.64 Å². The topological polar surface area (TPSA) is 106 Å². The Labute approximate surface area is 161 Å².